The number of urea groups is 1. The number of carboxylic acids is 1. The highest BCUT2D eigenvalue weighted by Crippen LogP contribution is 2.24. The molecule has 0 heterocycles. The van der Waals surface area contributed by atoms with E-state index in [1.54, 1.807) is 6.92 Å². The van der Waals surface area contributed by atoms with Crippen molar-refractivity contribution in [1.29, 1.82) is 0 Å². The number of amides is 3. The number of para-hydroxylation sites is 1. The average molecular weight is 317 g/mol. The first-order chi connectivity index (χ1) is 9.79. The smallest absolute Gasteiger partial charge is 0.326 e. The molecule has 0 spiro atoms. The Balaban J connectivity index is 2.54. The van der Waals surface area contributed by atoms with Crippen molar-refractivity contribution < 1.29 is 23.9 Å². The fourth-order valence-electron chi connectivity index (χ4n) is 1.63. The summed E-state index contributed by atoms with van der Waals surface area (Å²) in [7, 11) is 0. The van der Waals surface area contributed by atoms with E-state index in [-0.39, 0.29) is 23.6 Å². The Morgan fingerprint density at radius 1 is 1.33 bits per heavy atom. The van der Waals surface area contributed by atoms with Gasteiger partial charge >= 0.3 is 12.0 Å². The zero-order valence-electron chi connectivity index (χ0n) is 11.2. The van der Waals surface area contributed by atoms with Gasteiger partial charge in [-0.25, -0.2) is 9.18 Å². The fourth-order valence-corrected chi connectivity index (χ4v) is 1.84. The maximum absolute atomic E-state index is 13.4. The van der Waals surface area contributed by atoms with Crippen LogP contribution < -0.4 is 10.6 Å². The lowest BCUT2D eigenvalue weighted by molar-refractivity contribution is -0.138. The summed E-state index contributed by atoms with van der Waals surface area (Å²) in [5.74, 6) is -2.84. The van der Waals surface area contributed by atoms with Crippen LogP contribution in [0.3, 0.4) is 0 Å². The number of aliphatic carboxylic acids is 1. The van der Waals surface area contributed by atoms with E-state index in [0.29, 0.717) is 0 Å². The van der Waals surface area contributed by atoms with E-state index in [0.717, 1.165) is 6.07 Å². The van der Waals surface area contributed by atoms with Crippen LogP contribution in [0.4, 0.5) is 14.9 Å². The first-order valence-electron chi connectivity index (χ1n) is 6.06. The minimum Gasteiger partial charge on any atom is -0.481 e. The molecule has 3 amide bonds. The van der Waals surface area contributed by atoms with E-state index < -0.39 is 29.6 Å². The molecule has 0 aromatic heterocycles. The number of carbonyl (C=O) groups excluding carboxylic acids is 2. The van der Waals surface area contributed by atoms with E-state index in [2.05, 4.69) is 5.32 Å². The van der Waals surface area contributed by atoms with Gasteiger partial charge in [0.05, 0.1) is 10.7 Å². The molecule has 8 heteroatoms. The standard InChI is InChI=1S/C13H14ClFN2O4/c1-7(6-11(19)20)5-10(18)16-13(21)17-12-8(14)3-2-4-9(12)15/h2-4,7H,5-6H2,1H3,(H,19,20)(H2,16,17,18,21). The molecule has 6 nitrogen and oxygen atoms in total. The van der Waals surface area contributed by atoms with Crippen LogP contribution in [0.25, 0.3) is 0 Å². The second-order valence-electron chi connectivity index (χ2n) is 4.51. The zero-order chi connectivity index (χ0) is 16.0. The highest BCUT2D eigenvalue weighted by atomic mass is 35.5. The van der Waals surface area contributed by atoms with Crippen LogP contribution >= 0.6 is 11.6 Å². The molecule has 0 aliphatic carbocycles. The summed E-state index contributed by atoms with van der Waals surface area (Å²) in [6.07, 6.45) is -0.321. The molecule has 3 N–H and O–H groups in total. The number of carboxylic acid groups (broad SMARTS) is 1. The third kappa shape index (κ3) is 5.78. The Bertz CT molecular complexity index is 545. The van der Waals surface area contributed by atoms with Gasteiger partial charge in [0.25, 0.3) is 0 Å². The lowest BCUT2D eigenvalue weighted by Gasteiger charge is -2.11. The molecule has 0 aliphatic rings. The summed E-state index contributed by atoms with van der Waals surface area (Å²) >= 11 is 5.72. The number of nitrogens with one attached hydrogen (secondary N) is 2. The van der Waals surface area contributed by atoms with Crippen LogP contribution in [0.2, 0.25) is 5.02 Å². The fraction of sp³-hybridized carbons (Fsp3) is 0.308. The van der Waals surface area contributed by atoms with Crippen molar-refractivity contribution in [1.82, 2.24) is 5.32 Å². The Labute approximate surface area is 125 Å². The number of rotatable bonds is 5. The maximum Gasteiger partial charge on any atom is 0.326 e. The number of halogens is 2. The Morgan fingerprint density at radius 3 is 2.57 bits per heavy atom. The van der Waals surface area contributed by atoms with Crippen molar-refractivity contribution in [2.45, 2.75) is 19.8 Å². The number of carbonyl (C=O) groups is 3. The first-order valence-corrected chi connectivity index (χ1v) is 6.44. The number of benzene rings is 1. The van der Waals surface area contributed by atoms with Crippen LogP contribution in [0, 0.1) is 11.7 Å². The summed E-state index contributed by atoms with van der Waals surface area (Å²) in [6.45, 7) is 1.57. The largest absolute Gasteiger partial charge is 0.481 e. The van der Waals surface area contributed by atoms with Crippen molar-refractivity contribution in [2.75, 3.05) is 5.32 Å². The van der Waals surface area contributed by atoms with E-state index in [9.17, 15) is 18.8 Å². The Morgan fingerprint density at radius 2 is 2.00 bits per heavy atom. The Hall–Kier alpha value is -2.15. The van der Waals surface area contributed by atoms with Gasteiger partial charge in [-0.1, -0.05) is 24.6 Å². The molecule has 114 valence electrons. The van der Waals surface area contributed by atoms with Crippen LogP contribution in [-0.2, 0) is 9.59 Å². The first kappa shape index (κ1) is 16.9. The highest BCUT2D eigenvalue weighted by molar-refractivity contribution is 6.33. The van der Waals surface area contributed by atoms with Crippen LogP contribution in [-0.4, -0.2) is 23.0 Å². The third-order valence-electron chi connectivity index (χ3n) is 2.51. The molecule has 1 unspecified atom stereocenters. The SMILES string of the molecule is CC(CC(=O)O)CC(=O)NC(=O)Nc1c(F)cccc1Cl. The minimum absolute atomic E-state index is 0.00292. The molecule has 1 rings (SSSR count). The van der Waals surface area contributed by atoms with E-state index >= 15 is 0 Å². The molecule has 0 saturated carbocycles. The molecular formula is C13H14ClFN2O4. The van der Waals surface area contributed by atoms with Gasteiger partial charge in [-0.15, -0.1) is 0 Å². The molecule has 21 heavy (non-hydrogen) atoms. The normalized spacial score (nSPS) is 11.6. The molecule has 1 aromatic carbocycles. The van der Waals surface area contributed by atoms with Gasteiger partial charge in [-0.3, -0.25) is 14.9 Å². The monoisotopic (exact) mass is 316 g/mol. The second-order valence-corrected chi connectivity index (χ2v) is 4.91. The van der Waals surface area contributed by atoms with Crippen LogP contribution in [0.5, 0.6) is 0 Å². The average Bonchev–Trinajstić information content (AvgIpc) is 2.32. The van der Waals surface area contributed by atoms with Crippen molar-refractivity contribution in [3.8, 4) is 0 Å². The van der Waals surface area contributed by atoms with Crippen molar-refractivity contribution in [3.63, 3.8) is 0 Å². The van der Waals surface area contributed by atoms with Gasteiger partial charge in [0.15, 0.2) is 0 Å². The second kappa shape index (κ2) is 7.58. The summed E-state index contributed by atoms with van der Waals surface area (Å²) in [4.78, 5) is 33.5. The summed E-state index contributed by atoms with van der Waals surface area (Å²) in [6, 6.07) is 2.93. The predicted octanol–water partition coefficient (Wildman–Crippen LogP) is 2.63. The number of imide groups is 1. The third-order valence-corrected chi connectivity index (χ3v) is 2.83. The molecule has 1 atom stereocenters. The number of hydrogen-bond acceptors (Lipinski definition) is 3. The van der Waals surface area contributed by atoms with Gasteiger partial charge in [0.2, 0.25) is 5.91 Å². The quantitative estimate of drug-likeness (QED) is 0.778. The topological polar surface area (TPSA) is 95.5 Å². The van der Waals surface area contributed by atoms with Crippen LogP contribution in [0.1, 0.15) is 19.8 Å². The van der Waals surface area contributed by atoms with E-state index in [1.807, 2.05) is 5.32 Å². The summed E-state index contributed by atoms with van der Waals surface area (Å²) in [5, 5.41) is 12.7. The van der Waals surface area contributed by atoms with Crippen molar-refractivity contribution in [2.24, 2.45) is 5.92 Å². The lowest BCUT2D eigenvalue weighted by Crippen LogP contribution is -2.35. The lowest BCUT2D eigenvalue weighted by atomic mass is 10.0. The molecule has 0 bridgehead atoms. The predicted molar refractivity (Wildman–Crippen MR) is 74.6 cm³/mol. The van der Waals surface area contributed by atoms with Gasteiger partial charge in [0.1, 0.15) is 5.82 Å². The molecule has 0 aliphatic heterocycles. The van der Waals surface area contributed by atoms with E-state index in [4.69, 9.17) is 16.7 Å². The van der Waals surface area contributed by atoms with Crippen molar-refractivity contribution in [3.05, 3.63) is 29.0 Å². The van der Waals surface area contributed by atoms with Gasteiger partial charge < -0.3 is 10.4 Å². The molecule has 1 aromatic rings. The highest BCUT2D eigenvalue weighted by Gasteiger charge is 2.16. The number of hydrogen-bond donors (Lipinski definition) is 3. The van der Waals surface area contributed by atoms with Gasteiger partial charge in [-0.2, -0.15) is 0 Å². The summed E-state index contributed by atoms with van der Waals surface area (Å²) < 4.78 is 13.4. The molecule has 0 radical (unpaired) electrons. The Kier molecular flexibility index (Phi) is 6.10. The van der Waals surface area contributed by atoms with Crippen LogP contribution in [0.15, 0.2) is 18.2 Å². The minimum atomic E-state index is -1.03. The molecule has 0 saturated heterocycles. The van der Waals surface area contributed by atoms with Crippen molar-refractivity contribution >= 4 is 35.2 Å². The van der Waals surface area contributed by atoms with E-state index in [1.165, 1.54) is 12.1 Å². The maximum atomic E-state index is 13.4. The molecule has 0 fully saturated rings. The van der Waals surface area contributed by atoms with Gasteiger partial charge in [-0.05, 0) is 18.1 Å². The summed E-state index contributed by atoms with van der Waals surface area (Å²) in [5.41, 5.74) is -0.233. The number of anilines is 1. The molecular weight excluding hydrogens is 303 g/mol. The van der Waals surface area contributed by atoms with Gasteiger partial charge in [0, 0.05) is 12.8 Å². The zero-order valence-corrected chi connectivity index (χ0v) is 11.9.